The lowest BCUT2D eigenvalue weighted by Crippen LogP contribution is -2.02. The van der Waals surface area contributed by atoms with Gasteiger partial charge in [-0.3, -0.25) is 4.79 Å². The second-order valence-electron chi connectivity index (χ2n) is 4.68. The van der Waals surface area contributed by atoms with Crippen molar-refractivity contribution in [3.8, 4) is 17.6 Å². The van der Waals surface area contributed by atoms with Crippen LogP contribution in [0.4, 0.5) is 0 Å². The highest BCUT2D eigenvalue weighted by Gasteiger charge is 2.14. The molecule has 0 amide bonds. The molecule has 2 aromatic carbocycles. The third-order valence-corrected chi connectivity index (χ3v) is 3.21. The van der Waals surface area contributed by atoms with Crippen LogP contribution in [0.15, 0.2) is 54.1 Å². The number of hydrogen-bond acceptors (Lipinski definition) is 4. The van der Waals surface area contributed by atoms with Crippen LogP contribution in [0.1, 0.15) is 22.8 Å². The molecule has 0 spiro atoms. The van der Waals surface area contributed by atoms with Crippen LogP contribution in [0, 0.1) is 11.3 Å². The molecule has 0 unspecified atom stereocenters. The number of benzene rings is 2. The van der Waals surface area contributed by atoms with Crippen molar-refractivity contribution in [3.63, 3.8) is 0 Å². The van der Waals surface area contributed by atoms with Crippen LogP contribution in [-0.4, -0.2) is 19.5 Å². The summed E-state index contributed by atoms with van der Waals surface area (Å²) in [6.07, 6.45) is 1.52. The number of ether oxygens (including phenoxy) is 2. The third kappa shape index (κ3) is 3.78. The van der Waals surface area contributed by atoms with Crippen LogP contribution in [-0.2, 0) is 0 Å². The molecule has 116 valence electrons. The van der Waals surface area contributed by atoms with Crippen LogP contribution < -0.4 is 9.47 Å². The summed E-state index contributed by atoms with van der Waals surface area (Å²) in [6, 6.07) is 16.0. The fourth-order valence-corrected chi connectivity index (χ4v) is 2.18. The molecule has 2 aromatic rings. The van der Waals surface area contributed by atoms with Crippen molar-refractivity contribution in [3.05, 3.63) is 65.2 Å². The van der Waals surface area contributed by atoms with E-state index in [9.17, 15) is 10.1 Å². The van der Waals surface area contributed by atoms with Gasteiger partial charge in [-0.25, -0.2) is 0 Å². The summed E-state index contributed by atoms with van der Waals surface area (Å²) < 4.78 is 10.9. The first-order valence-corrected chi connectivity index (χ1v) is 7.22. The van der Waals surface area contributed by atoms with E-state index in [4.69, 9.17) is 9.47 Å². The van der Waals surface area contributed by atoms with Gasteiger partial charge in [0.15, 0.2) is 11.5 Å². The largest absolute Gasteiger partial charge is 0.492 e. The number of carbonyl (C=O) groups is 1. The topological polar surface area (TPSA) is 59.3 Å². The van der Waals surface area contributed by atoms with E-state index in [0.717, 1.165) is 0 Å². The van der Waals surface area contributed by atoms with Crippen molar-refractivity contribution in [1.29, 1.82) is 5.26 Å². The fourth-order valence-electron chi connectivity index (χ4n) is 2.18. The van der Waals surface area contributed by atoms with Gasteiger partial charge in [-0.05, 0) is 19.1 Å². The van der Waals surface area contributed by atoms with Crippen LogP contribution in [0.25, 0.3) is 6.08 Å². The molecule has 4 heteroatoms. The van der Waals surface area contributed by atoms with Gasteiger partial charge < -0.3 is 9.47 Å². The molecule has 0 aliphatic heterocycles. The Hall–Kier alpha value is -3.06. The third-order valence-electron chi connectivity index (χ3n) is 3.21. The highest BCUT2D eigenvalue weighted by Crippen LogP contribution is 2.32. The summed E-state index contributed by atoms with van der Waals surface area (Å²) in [5, 5.41) is 9.34. The fraction of sp³-hybridized carbons (Fsp3) is 0.158. The number of methoxy groups -OCH3 is 1. The lowest BCUT2D eigenvalue weighted by molar-refractivity contribution is 0.104. The normalized spacial score (nSPS) is 10.7. The number of nitriles is 1. The SMILES string of the molecule is CCOc1cccc(/C=C(\C#N)C(=O)c2ccccc2)c1OC. The number of nitrogens with zero attached hydrogens (tertiary/aromatic N) is 1. The number of para-hydroxylation sites is 1. The smallest absolute Gasteiger partial charge is 0.203 e. The Balaban J connectivity index is 2.45. The maximum absolute atomic E-state index is 12.4. The molecule has 0 fully saturated rings. The Morgan fingerprint density at radius 1 is 1.17 bits per heavy atom. The van der Waals surface area contributed by atoms with Gasteiger partial charge in [0.05, 0.1) is 13.7 Å². The molecule has 0 radical (unpaired) electrons. The Morgan fingerprint density at radius 2 is 1.91 bits per heavy atom. The molecule has 0 bridgehead atoms. The molecular weight excluding hydrogens is 290 g/mol. The minimum atomic E-state index is -0.322. The standard InChI is InChI=1S/C19H17NO3/c1-3-23-17-11-7-10-15(19(17)22-2)12-16(13-20)18(21)14-8-5-4-6-9-14/h4-12H,3H2,1-2H3/b16-12+. The number of rotatable bonds is 6. The minimum absolute atomic E-state index is 0.0446. The summed E-state index contributed by atoms with van der Waals surface area (Å²) in [7, 11) is 1.53. The van der Waals surface area contributed by atoms with E-state index in [-0.39, 0.29) is 11.4 Å². The minimum Gasteiger partial charge on any atom is -0.492 e. The van der Waals surface area contributed by atoms with Gasteiger partial charge in [-0.15, -0.1) is 0 Å². The quantitative estimate of drug-likeness (QED) is 0.461. The van der Waals surface area contributed by atoms with Gasteiger partial charge in [0.1, 0.15) is 11.6 Å². The highest BCUT2D eigenvalue weighted by molar-refractivity contribution is 6.14. The molecule has 0 heterocycles. The second-order valence-corrected chi connectivity index (χ2v) is 4.68. The molecule has 0 aromatic heterocycles. The Kier molecular flexibility index (Phi) is 5.54. The number of ketones is 1. The molecule has 0 saturated heterocycles. The van der Waals surface area contributed by atoms with Crippen molar-refractivity contribution in [2.45, 2.75) is 6.92 Å². The number of Topliss-reactive ketones (excluding diaryl/α,β-unsaturated/α-hetero) is 1. The van der Waals surface area contributed by atoms with E-state index < -0.39 is 0 Å². The summed E-state index contributed by atoms with van der Waals surface area (Å²) in [6.45, 7) is 2.37. The zero-order chi connectivity index (χ0) is 16.7. The summed E-state index contributed by atoms with van der Waals surface area (Å²) in [5.41, 5.74) is 1.14. The van der Waals surface area contributed by atoms with Crippen molar-refractivity contribution >= 4 is 11.9 Å². The summed E-state index contributed by atoms with van der Waals surface area (Å²) in [5.74, 6) is 0.758. The van der Waals surface area contributed by atoms with Crippen LogP contribution >= 0.6 is 0 Å². The molecule has 0 saturated carbocycles. The van der Waals surface area contributed by atoms with Gasteiger partial charge in [0.25, 0.3) is 0 Å². The molecule has 0 N–H and O–H groups in total. The van der Waals surface area contributed by atoms with Gasteiger partial charge >= 0.3 is 0 Å². The van der Waals surface area contributed by atoms with Crippen LogP contribution in [0.2, 0.25) is 0 Å². The first-order valence-electron chi connectivity index (χ1n) is 7.22. The molecular formula is C19H17NO3. The number of allylic oxidation sites excluding steroid dienone is 1. The van der Waals surface area contributed by atoms with E-state index in [0.29, 0.717) is 29.2 Å². The predicted octanol–water partition coefficient (Wildman–Crippen LogP) is 3.88. The second kappa shape index (κ2) is 7.81. The molecule has 4 nitrogen and oxygen atoms in total. The zero-order valence-corrected chi connectivity index (χ0v) is 13.1. The summed E-state index contributed by atoms with van der Waals surface area (Å²) >= 11 is 0. The van der Waals surface area contributed by atoms with E-state index in [1.807, 2.05) is 19.1 Å². The highest BCUT2D eigenvalue weighted by atomic mass is 16.5. The van der Waals surface area contributed by atoms with Gasteiger partial charge in [-0.2, -0.15) is 5.26 Å². The lowest BCUT2D eigenvalue weighted by Gasteiger charge is -2.11. The van der Waals surface area contributed by atoms with E-state index in [1.54, 1.807) is 42.5 Å². The molecule has 0 aliphatic rings. The van der Waals surface area contributed by atoms with Gasteiger partial charge in [0, 0.05) is 11.1 Å². The molecule has 0 aliphatic carbocycles. The first kappa shape index (κ1) is 16.3. The average Bonchev–Trinajstić information content (AvgIpc) is 2.60. The Bertz CT molecular complexity index is 758. The number of carbonyl (C=O) groups excluding carboxylic acids is 1. The van der Waals surface area contributed by atoms with Crippen molar-refractivity contribution in [2.75, 3.05) is 13.7 Å². The van der Waals surface area contributed by atoms with Crippen molar-refractivity contribution in [2.24, 2.45) is 0 Å². The maximum atomic E-state index is 12.4. The van der Waals surface area contributed by atoms with Gasteiger partial charge in [-0.1, -0.05) is 42.5 Å². The lowest BCUT2D eigenvalue weighted by atomic mass is 10.0. The van der Waals surface area contributed by atoms with Gasteiger partial charge in [0.2, 0.25) is 5.78 Å². The first-order chi connectivity index (χ1) is 11.2. The Morgan fingerprint density at radius 3 is 2.52 bits per heavy atom. The van der Waals surface area contributed by atoms with Crippen molar-refractivity contribution in [1.82, 2.24) is 0 Å². The molecule has 0 atom stereocenters. The van der Waals surface area contributed by atoms with Crippen LogP contribution in [0.3, 0.4) is 0 Å². The monoisotopic (exact) mass is 307 g/mol. The molecule has 23 heavy (non-hydrogen) atoms. The molecule has 2 rings (SSSR count). The van der Waals surface area contributed by atoms with E-state index in [1.165, 1.54) is 13.2 Å². The average molecular weight is 307 g/mol. The van der Waals surface area contributed by atoms with E-state index in [2.05, 4.69) is 0 Å². The summed E-state index contributed by atoms with van der Waals surface area (Å²) in [4.78, 5) is 12.4. The van der Waals surface area contributed by atoms with Crippen LogP contribution in [0.5, 0.6) is 11.5 Å². The number of hydrogen-bond donors (Lipinski definition) is 0. The Labute approximate surface area is 135 Å². The van der Waals surface area contributed by atoms with E-state index >= 15 is 0 Å². The zero-order valence-electron chi connectivity index (χ0n) is 13.1. The predicted molar refractivity (Wildman–Crippen MR) is 88.5 cm³/mol. The van der Waals surface area contributed by atoms with Crippen molar-refractivity contribution < 1.29 is 14.3 Å². The maximum Gasteiger partial charge on any atom is 0.203 e.